The number of methoxy groups -OCH3 is 1. The fourth-order valence-corrected chi connectivity index (χ4v) is 2.51. The van der Waals surface area contributed by atoms with E-state index in [1.807, 2.05) is 19.1 Å². The highest BCUT2D eigenvalue weighted by Gasteiger charge is 2.11. The molecule has 0 bridgehead atoms. The van der Waals surface area contributed by atoms with Crippen molar-refractivity contribution >= 4 is 34.9 Å². The van der Waals surface area contributed by atoms with Gasteiger partial charge in [-0.15, -0.1) is 0 Å². The van der Waals surface area contributed by atoms with Gasteiger partial charge in [0.05, 0.1) is 25.0 Å². The second-order valence-electron chi connectivity index (χ2n) is 5.71. The van der Waals surface area contributed by atoms with Gasteiger partial charge in [-0.25, -0.2) is 0 Å². The third-order valence-electron chi connectivity index (χ3n) is 3.70. The number of nitrogens with two attached hydrogens (primary N) is 1. The van der Waals surface area contributed by atoms with Crippen LogP contribution in [0.3, 0.4) is 0 Å². The number of carbonyl (C=O) groups is 1. The predicted octanol–water partition coefficient (Wildman–Crippen LogP) is 3.30. The molecule has 0 radical (unpaired) electrons. The number of amides is 1. The summed E-state index contributed by atoms with van der Waals surface area (Å²) in [4.78, 5) is 12.3. The maximum Gasteiger partial charge on any atom is 0.262 e. The average molecular weight is 411 g/mol. The Morgan fingerprint density at radius 2 is 1.97 bits per heavy atom. The molecule has 0 fully saturated rings. The molecule has 2 rings (SSSR count). The molecule has 2 aromatic rings. The molecule has 8 heteroatoms. The maximum atomic E-state index is 12.2. The van der Waals surface area contributed by atoms with Crippen molar-refractivity contribution in [1.29, 1.82) is 5.26 Å². The molecular formula is C21H21N3O4S. The van der Waals surface area contributed by atoms with Crippen LogP contribution in [0.2, 0.25) is 0 Å². The summed E-state index contributed by atoms with van der Waals surface area (Å²) in [7, 11) is 1.53. The zero-order chi connectivity index (χ0) is 21.2. The zero-order valence-electron chi connectivity index (χ0n) is 16.1. The summed E-state index contributed by atoms with van der Waals surface area (Å²) in [5.74, 6) is 1.04. The molecule has 0 heterocycles. The molecule has 0 unspecified atom stereocenters. The average Bonchev–Trinajstić information content (AvgIpc) is 2.71. The standard InChI is InChI=1S/C21H21N3O4S/c1-3-27-19-11-14(10-15(12-22)21(23)29)8-9-18(19)28-13-20(25)24-16-6-4-5-7-17(16)26-2/h4-11H,3,13H2,1-2H3,(H2,23,29)(H,24,25)/b15-10+. The third-order valence-corrected chi connectivity index (χ3v) is 3.92. The van der Waals surface area contributed by atoms with Crippen LogP contribution in [0.4, 0.5) is 5.69 Å². The van der Waals surface area contributed by atoms with Crippen molar-refractivity contribution in [1.82, 2.24) is 0 Å². The normalized spacial score (nSPS) is 10.6. The number of rotatable bonds is 9. The summed E-state index contributed by atoms with van der Waals surface area (Å²) in [5.41, 5.74) is 6.93. The summed E-state index contributed by atoms with van der Waals surface area (Å²) in [6.07, 6.45) is 1.56. The SMILES string of the molecule is CCOc1cc(/C=C(\C#N)C(N)=S)ccc1OCC(=O)Nc1ccccc1OC. The van der Waals surface area contributed by atoms with Crippen LogP contribution in [-0.4, -0.2) is 31.2 Å². The molecule has 0 aliphatic carbocycles. The summed E-state index contributed by atoms with van der Waals surface area (Å²) in [6.45, 7) is 2.01. The minimum Gasteiger partial charge on any atom is -0.495 e. The fraction of sp³-hybridized carbons (Fsp3) is 0.190. The molecule has 150 valence electrons. The lowest BCUT2D eigenvalue weighted by molar-refractivity contribution is -0.118. The number of hydrogen-bond donors (Lipinski definition) is 2. The van der Waals surface area contributed by atoms with Crippen molar-refractivity contribution < 1.29 is 19.0 Å². The van der Waals surface area contributed by atoms with E-state index in [9.17, 15) is 4.79 Å². The number of hydrogen-bond acceptors (Lipinski definition) is 6. The molecule has 7 nitrogen and oxygen atoms in total. The van der Waals surface area contributed by atoms with Crippen LogP contribution < -0.4 is 25.3 Å². The van der Waals surface area contributed by atoms with E-state index in [1.54, 1.807) is 42.5 Å². The van der Waals surface area contributed by atoms with Gasteiger partial charge in [0, 0.05) is 0 Å². The smallest absolute Gasteiger partial charge is 0.262 e. The maximum absolute atomic E-state index is 12.2. The number of nitriles is 1. The molecule has 2 aromatic carbocycles. The predicted molar refractivity (Wildman–Crippen MR) is 115 cm³/mol. The molecule has 29 heavy (non-hydrogen) atoms. The van der Waals surface area contributed by atoms with Gasteiger partial charge in [-0.2, -0.15) is 5.26 Å². The minimum absolute atomic E-state index is 0.0128. The van der Waals surface area contributed by atoms with Gasteiger partial charge in [0.1, 0.15) is 16.8 Å². The summed E-state index contributed by atoms with van der Waals surface area (Å²) >= 11 is 4.84. The number of para-hydroxylation sites is 2. The molecule has 0 atom stereocenters. The van der Waals surface area contributed by atoms with Crippen LogP contribution in [0.15, 0.2) is 48.0 Å². The molecular weight excluding hydrogens is 390 g/mol. The monoisotopic (exact) mass is 411 g/mol. The quantitative estimate of drug-likeness (QED) is 0.370. The second-order valence-corrected chi connectivity index (χ2v) is 6.15. The summed E-state index contributed by atoms with van der Waals surface area (Å²) in [5, 5.41) is 11.8. The lowest BCUT2D eigenvalue weighted by Gasteiger charge is -2.13. The number of ether oxygens (including phenoxy) is 3. The van der Waals surface area contributed by atoms with E-state index < -0.39 is 0 Å². The van der Waals surface area contributed by atoms with Gasteiger partial charge in [-0.1, -0.05) is 30.4 Å². The molecule has 0 saturated carbocycles. The van der Waals surface area contributed by atoms with Gasteiger partial charge in [0.25, 0.3) is 5.91 Å². The van der Waals surface area contributed by atoms with E-state index in [0.717, 1.165) is 0 Å². The number of benzene rings is 2. The summed E-state index contributed by atoms with van der Waals surface area (Å²) < 4.78 is 16.4. The van der Waals surface area contributed by atoms with E-state index in [4.69, 9.17) is 37.4 Å². The Morgan fingerprint density at radius 3 is 2.62 bits per heavy atom. The van der Waals surface area contributed by atoms with Crippen LogP contribution in [0.1, 0.15) is 12.5 Å². The lowest BCUT2D eigenvalue weighted by Crippen LogP contribution is -2.20. The Balaban J connectivity index is 2.12. The number of nitrogens with one attached hydrogen (secondary N) is 1. The highest BCUT2D eigenvalue weighted by Crippen LogP contribution is 2.30. The van der Waals surface area contributed by atoms with E-state index in [-0.39, 0.29) is 23.1 Å². The van der Waals surface area contributed by atoms with Gasteiger partial charge in [-0.05, 0) is 42.8 Å². The van der Waals surface area contributed by atoms with Crippen LogP contribution in [0, 0.1) is 11.3 Å². The van der Waals surface area contributed by atoms with Crippen LogP contribution in [0.25, 0.3) is 6.08 Å². The Hall–Kier alpha value is -3.57. The third kappa shape index (κ3) is 6.23. The highest BCUT2D eigenvalue weighted by atomic mass is 32.1. The Morgan fingerprint density at radius 1 is 1.21 bits per heavy atom. The van der Waals surface area contributed by atoms with Crippen LogP contribution >= 0.6 is 12.2 Å². The molecule has 0 spiro atoms. The van der Waals surface area contributed by atoms with Crippen molar-refractivity contribution in [2.24, 2.45) is 5.73 Å². The van der Waals surface area contributed by atoms with E-state index in [0.29, 0.717) is 35.1 Å². The topological polar surface area (TPSA) is 107 Å². The summed E-state index contributed by atoms with van der Waals surface area (Å²) in [6, 6.07) is 14.1. The Kier molecular flexibility index (Phi) is 8.00. The van der Waals surface area contributed by atoms with Crippen molar-refractivity contribution in [3.05, 3.63) is 53.6 Å². The molecule has 0 aliphatic heterocycles. The first kappa shape index (κ1) is 21.7. The number of carbonyl (C=O) groups excluding carboxylic acids is 1. The fourth-order valence-electron chi connectivity index (χ4n) is 2.40. The molecule has 3 N–H and O–H groups in total. The molecule has 0 aliphatic rings. The molecule has 0 aromatic heterocycles. The largest absolute Gasteiger partial charge is 0.495 e. The van der Waals surface area contributed by atoms with E-state index >= 15 is 0 Å². The first-order chi connectivity index (χ1) is 14.0. The first-order valence-electron chi connectivity index (χ1n) is 8.72. The first-order valence-corrected chi connectivity index (χ1v) is 9.13. The van der Waals surface area contributed by atoms with Gasteiger partial charge in [-0.3, -0.25) is 4.79 Å². The number of thiocarbonyl (C=S) groups is 1. The zero-order valence-corrected chi connectivity index (χ0v) is 16.9. The van der Waals surface area contributed by atoms with Crippen molar-refractivity contribution in [3.63, 3.8) is 0 Å². The minimum atomic E-state index is -0.346. The van der Waals surface area contributed by atoms with Gasteiger partial charge >= 0.3 is 0 Å². The van der Waals surface area contributed by atoms with Crippen molar-refractivity contribution in [2.75, 3.05) is 25.6 Å². The van der Waals surface area contributed by atoms with Crippen molar-refractivity contribution in [3.8, 4) is 23.3 Å². The van der Waals surface area contributed by atoms with E-state index in [2.05, 4.69) is 5.32 Å². The Labute approximate surface area is 174 Å². The molecule has 1 amide bonds. The lowest BCUT2D eigenvalue weighted by atomic mass is 10.1. The highest BCUT2D eigenvalue weighted by molar-refractivity contribution is 7.80. The van der Waals surface area contributed by atoms with Crippen LogP contribution in [0.5, 0.6) is 17.2 Å². The van der Waals surface area contributed by atoms with Gasteiger partial charge in [0.2, 0.25) is 0 Å². The van der Waals surface area contributed by atoms with Crippen molar-refractivity contribution in [2.45, 2.75) is 6.92 Å². The van der Waals surface area contributed by atoms with Gasteiger partial charge in [0.15, 0.2) is 18.1 Å². The number of nitrogens with zero attached hydrogens (tertiary/aromatic N) is 1. The van der Waals surface area contributed by atoms with Crippen LogP contribution in [-0.2, 0) is 4.79 Å². The Bertz CT molecular complexity index is 967. The van der Waals surface area contributed by atoms with E-state index in [1.165, 1.54) is 7.11 Å². The molecule has 0 saturated heterocycles. The van der Waals surface area contributed by atoms with Gasteiger partial charge < -0.3 is 25.3 Å². The second kappa shape index (κ2) is 10.7. The number of anilines is 1.